The van der Waals surface area contributed by atoms with E-state index in [1.165, 1.54) is 24.3 Å². The van der Waals surface area contributed by atoms with Gasteiger partial charge in [0, 0.05) is 17.3 Å². The maximum absolute atomic E-state index is 13.7. The number of halogens is 4. The highest BCUT2D eigenvalue weighted by Gasteiger charge is 2.36. The number of alkyl halides is 3. The lowest BCUT2D eigenvalue weighted by Crippen LogP contribution is -2.08. The summed E-state index contributed by atoms with van der Waals surface area (Å²) in [5, 5.41) is 0. The van der Waals surface area contributed by atoms with Gasteiger partial charge in [-0.2, -0.15) is 18.2 Å². The van der Waals surface area contributed by atoms with Crippen LogP contribution < -0.4 is 10.5 Å². The summed E-state index contributed by atoms with van der Waals surface area (Å²) in [6.45, 7) is 1.74. The first-order valence-corrected chi connectivity index (χ1v) is 8.97. The van der Waals surface area contributed by atoms with E-state index in [0.717, 1.165) is 6.07 Å². The number of rotatable bonds is 3. The molecule has 2 N–H and O–H groups in total. The molecule has 4 rings (SSSR count). The molecule has 29 heavy (non-hydrogen) atoms. The lowest BCUT2D eigenvalue weighted by molar-refractivity contribution is -0.137. The number of oxazole rings is 1. The third-order valence-electron chi connectivity index (χ3n) is 4.03. The molecule has 0 aliphatic rings. The number of ether oxygens (including phenoxy) is 1. The summed E-state index contributed by atoms with van der Waals surface area (Å²) in [6.07, 6.45) is -2.34. The van der Waals surface area contributed by atoms with E-state index >= 15 is 0 Å². The molecular formula is C19H11BrF3N4O2. The van der Waals surface area contributed by atoms with Crippen molar-refractivity contribution in [2.24, 2.45) is 0 Å². The Kier molecular flexibility index (Phi) is 4.65. The van der Waals surface area contributed by atoms with Crippen LogP contribution in [0.25, 0.3) is 22.2 Å². The van der Waals surface area contributed by atoms with Crippen LogP contribution in [0.1, 0.15) is 11.3 Å². The van der Waals surface area contributed by atoms with E-state index in [-0.39, 0.29) is 33.0 Å². The highest BCUT2D eigenvalue weighted by atomic mass is 79.9. The van der Waals surface area contributed by atoms with Gasteiger partial charge in [-0.3, -0.25) is 0 Å². The van der Waals surface area contributed by atoms with E-state index in [2.05, 4.69) is 37.3 Å². The first-order valence-electron chi connectivity index (χ1n) is 8.18. The van der Waals surface area contributed by atoms with Crippen LogP contribution in [0.3, 0.4) is 0 Å². The molecule has 0 saturated heterocycles. The van der Waals surface area contributed by atoms with Crippen molar-refractivity contribution in [3.63, 3.8) is 0 Å². The average Bonchev–Trinajstić information content (AvgIpc) is 3.11. The number of nitrogens with two attached hydrogens (primary N) is 1. The number of hydrogen-bond acceptors (Lipinski definition) is 6. The molecule has 147 valence electrons. The van der Waals surface area contributed by atoms with Crippen LogP contribution in [-0.2, 0) is 6.18 Å². The fourth-order valence-electron chi connectivity index (χ4n) is 2.88. The molecule has 0 fully saturated rings. The van der Waals surface area contributed by atoms with Gasteiger partial charge in [0.2, 0.25) is 11.8 Å². The fourth-order valence-corrected chi connectivity index (χ4v) is 3.37. The van der Waals surface area contributed by atoms with E-state index in [1.807, 2.05) is 0 Å². The number of fused-ring (bicyclic) bond motifs is 1. The van der Waals surface area contributed by atoms with Crippen LogP contribution in [0.2, 0.25) is 0 Å². The Bertz CT molecular complexity index is 1190. The summed E-state index contributed by atoms with van der Waals surface area (Å²) in [5.41, 5.74) is 5.80. The standard InChI is InChI=1S/C19H11BrF3N4O2/c1-9-6-14(27-18(24)26-9)29-11-4-2-10(3-5-11)15-12(19(21,22)23)7-13(20)17-16(15)25-8-28-17/h2-7H,1H3,(H2,24,26,27). The molecule has 0 saturated carbocycles. The SMILES string of the molecule is Cc1cc(Oc2ccc(-c3c(C(F)(F)F)cc(Br)c4o[c]nc34)cc2)nc(N)n1. The van der Waals surface area contributed by atoms with Gasteiger partial charge in [-0.1, -0.05) is 12.1 Å². The molecule has 0 atom stereocenters. The van der Waals surface area contributed by atoms with Crippen molar-refractivity contribution in [1.29, 1.82) is 0 Å². The third-order valence-corrected chi connectivity index (χ3v) is 4.62. The topological polar surface area (TPSA) is 87.1 Å². The molecule has 0 aliphatic heterocycles. The lowest BCUT2D eigenvalue weighted by Gasteiger charge is -2.14. The van der Waals surface area contributed by atoms with E-state index in [1.54, 1.807) is 13.0 Å². The van der Waals surface area contributed by atoms with Gasteiger partial charge in [0.1, 0.15) is 11.3 Å². The van der Waals surface area contributed by atoms with Crippen molar-refractivity contribution < 1.29 is 22.3 Å². The summed E-state index contributed by atoms with van der Waals surface area (Å²) in [4.78, 5) is 11.8. The van der Waals surface area contributed by atoms with Crippen molar-refractivity contribution in [1.82, 2.24) is 15.0 Å². The zero-order valence-corrected chi connectivity index (χ0v) is 16.3. The number of benzene rings is 2. The average molecular weight is 464 g/mol. The normalized spacial score (nSPS) is 11.8. The van der Waals surface area contributed by atoms with Gasteiger partial charge in [0.15, 0.2) is 5.58 Å². The van der Waals surface area contributed by atoms with Crippen LogP contribution in [0, 0.1) is 13.3 Å². The number of nitrogens with zero attached hydrogens (tertiary/aromatic N) is 3. The molecule has 0 aliphatic carbocycles. The molecule has 4 aromatic rings. The van der Waals surface area contributed by atoms with Crippen molar-refractivity contribution in [2.45, 2.75) is 13.1 Å². The number of anilines is 1. The minimum atomic E-state index is -4.59. The van der Waals surface area contributed by atoms with Gasteiger partial charge in [-0.25, -0.2) is 9.97 Å². The predicted octanol–water partition coefficient (Wildman–Crippen LogP) is 5.55. The molecule has 10 heteroatoms. The first-order chi connectivity index (χ1) is 13.7. The molecule has 2 aromatic heterocycles. The van der Waals surface area contributed by atoms with Crippen LogP contribution in [-0.4, -0.2) is 15.0 Å². The second kappa shape index (κ2) is 7.03. The predicted molar refractivity (Wildman–Crippen MR) is 102 cm³/mol. The van der Waals surface area contributed by atoms with Crippen molar-refractivity contribution in [2.75, 3.05) is 5.73 Å². The molecule has 0 amide bonds. The van der Waals surface area contributed by atoms with Crippen molar-refractivity contribution >= 4 is 33.0 Å². The van der Waals surface area contributed by atoms with E-state index in [0.29, 0.717) is 17.0 Å². The quantitative estimate of drug-likeness (QED) is 0.428. The second-order valence-corrected chi connectivity index (χ2v) is 6.95. The molecule has 2 heterocycles. The van der Waals surface area contributed by atoms with Gasteiger partial charge in [-0.15, -0.1) is 0 Å². The molecular weight excluding hydrogens is 453 g/mol. The maximum atomic E-state index is 13.7. The van der Waals surface area contributed by atoms with Gasteiger partial charge in [0.25, 0.3) is 6.39 Å². The smallest absolute Gasteiger partial charge is 0.417 e. The minimum absolute atomic E-state index is 0.0552. The first kappa shape index (κ1) is 19.2. The molecule has 6 nitrogen and oxygen atoms in total. The Morgan fingerprint density at radius 3 is 2.52 bits per heavy atom. The molecule has 0 bridgehead atoms. The van der Waals surface area contributed by atoms with Crippen molar-refractivity contribution in [3.8, 4) is 22.8 Å². The van der Waals surface area contributed by atoms with Crippen LogP contribution in [0.5, 0.6) is 11.6 Å². The lowest BCUT2D eigenvalue weighted by atomic mass is 9.97. The second-order valence-electron chi connectivity index (χ2n) is 6.09. The van der Waals surface area contributed by atoms with Crippen LogP contribution >= 0.6 is 15.9 Å². The van der Waals surface area contributed by atoms with Gasteiger partial charge < -0.3 is 14.9 Å². The summed E-state index contributed by atoms with van der Waals surface area (Å²) < 4.78 is 51.8. The summed E-state index contributed by atoms with van der Waals surface area (Å²) >= 11 is 3.09. The number of aromatic nitrogens is 3. The highest BCUT2D eigenvalue weighted by Crippen LogP contribution is 2.43. The minimum Gasteiger partial charge on any atom is -0.439 e. The van der Waals surface area contributed by atoms with Gasteiger partial charge in [-0.05, 0) is 46.6 Å². The zero-order chi connectivity index (χ0) is 20.8. The van der Waals surface area contributed by atoms with E-state index < -0.39 is 11.7 Å². The Labute approximate surface area is 170 Å². The molecule has 0 spiro atoms. The summed E-state index contributed by atoms with van der Waals surface area (Å²) in [7, 11) is 0. The van der Waals surface area contributed by atoms with E-state index in [4.69, 9.17) is 14.9 Å². The number of aryl methyl sites for hydroxylation is 1. The molecule has 2 aromatic carbocycles. The monoisotopic (exact) mass is 463 g/mol. The largest absolute Gasteiger partial charge is 0.439 e. The van der Waals surface area contributed by atoms with E-state index in [9.17, 15) is 13.2 Å². The summed E-state index contributed by atoms with van der Waals surface area (Å²) in [6, 6.07) is 8.61. The maximum Gasteiger partial charge on any atom is 0.417 e. The number of nitrogen functional groups attached to an aromatic ring is 1. The summed E-state index contributed by atoms with van der Waals surface area (Å²) in [5.74, 6) is 0.668. The Balaban J connectivity index is 1.77. The van der Waals surface area contributed by atoms with Crippen molar-refractivity contribution in [3.05, 3.63) is 58.5 Å². The zero-order valence-electron chi connectivity index (χ0n) is 14.7. The van der Waals surface area contributed by atoms with Crippen LogP contribution in [0.15, 0.2) is 45.3 Å². The Hall–Kier alpha value is -3.14. The fraction of sp³-hybridized carbons (Fsp3) is 0.105. The Morgan fingerprint density at radius 1 is 1.14 bits per heavy atom. The molecule has 0 unspecified atom stereocenters. The molecule has 1 radical (unpaired) electrons. The highest BCUT2D eigenvalue weighted by molar-refractivity contribution is 9.10. The van der Waals surface area contributed by atoms with Crippen LogP contribution in [0.4, 0.5) is 19.1 Å². The van der Waals surface area contributed by atoms with Gasteiger partial charge >= 0.3 is 6.18 Å². The third kappa shape index (κ3) is 3.75. The van der Waals surface area contributed by atoms with Gasteiger partial charge in [0.05, 0.1) is 10.0 Å². The Morgan fingerprint density at radius 2 is 1.86 bits per heavy atom. The number of hydrogen-bond donors (Lipinski definition) is 1.